The minimum atomic E-state index is -0.171. The van der Waals surface area contributed by atoms with Gasteiger partial charge in [-0.15, -0.1) is 0 Å². The molecule has 268 valence electrons. The van der Waals surface area contributed by atoms with Crippen molar-refractivity contribution in [2.45, 2.75) is 147 Å². The molecule has 3 aliphatic heterocycles. The van der Waals surface area contributed by atoms with Gasteiger partial charge in [0.05, 0.1) is 18.3 Å². The van der Waals surface area contributed by atoms with Crippen LogP contribution in [0, 0.1) is 11.8 Å². The smallest absolute Gasteiger partial charge is 0.219 e. The maximum Gasteiger partial charge on any atom is 0.219 e. The fraction of sp³-hybridized carbons (Fsp3) is 0.725. The fourth-order valence-corrected chi connectivity index (χ4v) is 7.46. The number of carbonyl (C=O) groups excluding carboxylic acids is 1. The van der Waals surface area contributed by atoms with Crippen LogP contribution in [0.3, 0.4) is 0 Å². The van der Waals surface area contributed by atoms with Gasteiger partial charge in [-0.05, 0) is 108 Å². The number of carbonyl (C=O) groups is 1. The van der Waals surface area contributed by atoms with Crippen molar-refractivity contribution in [2.24, 2.45) is 11.8 Å². The molecule has 2 unspecified atom stereocenters. The quantitative estimate of drug-likeness (QED) is 0.126. The van der Waals surface area contributed by atoms with Crippen molar-refractivity contribution in [3.8, 4) is 0 Å². The second kappa shape index (κ2) is 21.2. The maximum absolute atomic E-state index is 11.9. The van der Waals surface area contributed by atoms with Gasteiger partial charge < -0.3 is 33.7 Å². The van der Waals surface area contributed by atoms with E-state index in [1.165, 1.54) is 5.56 Å². The van der Waals surface area contributed by atoms with Crippen LogP contribution in [0.25, 0.3) is 0 Å². The molecule has 0 radical (unpaired) electrons. The van der Waals surface area contributed by atoms with Crippen molar-refractivity contribution in [1.82, 2.24) is 5.32 Å². The number of hydrogen-bond acceptors (Lipinski definition) is 7. The zero-order valence-corrected chi connectivity index (χ0v) is 29.3. The van der Waals surface area contributed by atoms with Gasteiger partial charge in [-0.3, -0.25) is 4.79 Å². The van der Waals surface area contributed by atoms with E-state index in [9.17, 15) is 4.79 Å². The summed E-state index contributed by atoms with van der Waals surface area (Å²) in [6, 6.07) is 10.7. The number of amides is 1. The van der Waals surface area contributed by atoms with Gasteiger partial charge in [0.2, 0.25) is 5.91 Å². The minimum absolute atomic E-state index is 0.0155. The van der Waals surface area contributed by atoms with E-state index in [4.69, 9.17) is 28.4 Å². The number of hydrogen-bond donors (Lipinski definition) is 1. The molecule has 1 aliphatic carbocycles. The molecule has 8 nitrogen and oxygen atoms in total. The van der Waals surface area contributed by atoms with Gasteiger partial charge in [0.1, 0.15) is 0 Å². The Labute approximate surface area is 289 Å². The second-order valence-corrected chi connectivity index (χ2v) is 13.9. The highest BCUT2D eigenvalue weighted by molar-refractivity contribution is 5.75. The molecule has 3 saturated heterocycles. The van der Waals surface area contributed by atoms with E-state index < -0.39 is 0 Å². The molecule has 8 heteroatoms. The SMILES string of the molecule is CCNC(=O)CCC/C=C/C[C@@H]1[C@@H](/C=C/[C@H](CCc2ccccc2)O[C@H]2CCCCO2)[C@H](OC2CCCCO2)C[C@@H]1OC1CCCCO1. The van der Waals surface area contributed by atoms with Crippen LogP contribution >= 0.6 is 0 Å². The van der Waals surface area contributed by atoms with E-state index in [1.807, 2.05) is 6.92 Å². The van der Waals surface area contributed by atoms with Gasteiger partial charge in [-0.2, -0.15) is 0 Å². The third-order valence-corrected chi connectivity index (χ3v) is 10.1. The minimum Gasteiger partial charge on any atom is -0.356 e. The van der Waals surface area contributed by atoms with Crippen LogP contribution in [0.2, 0.25) is 0 Å². The molecule has 1 amide bonds. The van der Waals surface area contributed by atoms with Crippen LogP contribution in [-0.2, 0) is 39.6 Å². The van der Waals surface area contributed by atoms with Crippen molar-refractivity contribution in [2.75, 3.05) is 26.4 Å². The zero-order valence-electron chi connectivity index (χ0n) is 29.3. The van der Waals surface area contributed by atoms with Crippen molar-refractivity contribution in [1.29, 1.82) is 0 Å². The Hall–Kier alpha value is -2.07. The van der Waals surface area contributed by atoms with E-state index >= 15 is 0 Å². The number of nitrogens with one attached hydrogen (secondary N) is 1. The first-order chi connectivity index (χ1) is 23.7. The van der Waals surface area contributed by atoms with Crippen LogP contribution in [0.15, 0.2) is 54.6 Å². The summed E-state index contributed by atoms with van der Waals surface area (Å²) in [5.74, 6) is 0.486. The molecule has 0 bridgehead atoms. The van der Waals surface area contributed by atoms with Crippen molar-refractivity contribution >= 4 is 5.91 Å². The summed E-state index contributed by atoms with van der Waals surface area (Å²) in [4.78, 5) is 11.9. The van der Waals surface area contributed by atoms with Crippen molar-refractivity contribution in [3.05, 3.63) is 60.2 Å². The Kier molecular flexibility index (Phi) is 16.4. The first kappa shape index (κ1) is 37.2. The lowest BCUT2D eigenvalue weighted by molar-refractivity contribution is -0.203. The third-order valence-electron chi connectivity index (χ3n) is 10.1. The lowest BCUT2D eigenvalue weighted by Gasteiger charge is -2.30. The molecule has 3 heterocycles. The average Bonchev–Trinajstić information content (AvgIpc) is 3.43. The van der Waals surface area contributed by atoms with Crippen LogP contribution in [0.4, 0.5) is 0 Å². The van der Waals surface area contributed by atoms with Gasteiger partial charge in [-0.1, -0.05) is 54.6 Å². The summed E-state index contributed by atoms with van der Waals surface area (Å²) in [7, 11) is 0. The molecule has 0 aromatic heterocycles. The largest absolute Gasteiger partial charge is 0.356 e. The van der Waals surface area contributed by atoms with Crippen LogP contribution in [-0.4, -0.2) is 69.5 Å². The molecule has 5 rings (SSSR count). The summed E-state index contributed by atoms with van der Waals surface area (Å²) in [6.07, 6.45) is 23.9. The summed E-state index contributed by atoms with van der Waals surface area (Å²) in [5.41, 5.74) is 1.32. The summed E-state index contributed by atoms with van der Waals surface area (Å²) in [6.45, 7) is 4.92. The van der Waals surface area contributed by atoms with E-state index in [-0.39, 0.29) is 54.9 Å². The lowest BCUT2D eigenvalue weighted by atomic mass is 9.89. The first-order valence-electron chi connectivity index (χ1n) is 19.1. The molecule has 0 spiro atoms. The fourth-order valence-electron chi connectivity index (χ4n) is 7.46. The molecule has 1 N–H and O–H groups in total. The van der Waals surface area contributed by atoms with E-state index in [2.05, 4.69) is 60.0 Å². The second-order valence-electron chi connectivity index (χ2n) is 13.9. The molecule has 4 aliphatic rings. The molecule has 1 aromatic rings. The zero-order chi connectivity index (χ0) is 33.2. The number of benzene rings is 1. The van der Waals surface area contributed by atoms with Crippen molar-refractivity contribution in [3.63, 3.8) is 0 Å². The normalized spacial score (nSPS) is 30.6. The number of aryl methyl sites for hydroxylation is 1. The predicted octanol–water partition coefficient (Wildman–Crippen LogP) is 7.80. The standard InChI is InChI=1S/C40H61NO7/c1-2-41-37(42)19-9-4-3-8-18-33-34(26-25-32(46-38-20-10-13-27-43-38)24-23-31-16-6-5-7-17-31)36(48-40-22-12-15-29-45-40)30-35(33)47-39-21-11-14-28-44-39/h3,5-8,16-17,25-26,32-36,38-40H,2,4,9-15,18-24,27-30H2,1H3,(H,41,42)/b8-3+,26-25+/t32-,33+,34+,35-,36+,38-,39?,40?/m0/s1. The van der Waals surface area contributed by atoms with Gasteiger partial charge in [0.15, 0.2) is 18.9 Å². The average molecular weight is 668 g/mol. The van der Waals surface area contributed by atoms with Gasteiger partial charge in [0, 0.05) is 45.1 Å². The van der Waals surface area contributed by atoms with Crippen molar-refractivity contribution < 1.29 is 33.2 Å². The van der Waals surface area contributed by atoms with Gasteiger partial charge in [-0.25, -0.2) is 0 Å². The van der Waals surface area contributed by atoms with E-state index in [1.54, 1.807) is 0 Å². The highest BCUT2D eigenvalue weighted by Crippen LogP contribution is 2.42. The lowest BCUT2D eigenvalue weighted by Crippen LogP contribution is -2.31. The summed E-state index contributed by atoms with van der Waals surface area (Å²) < 4.78 is 38.4. The highest BCUT2D eigenvalue weighted by atomic mass is 16.7. The van der Waals surface area contributed by atoms with Crippen LogP contribution in [0.1, 0.15) is 109 Å². The Morgan fingerprint density at radius 1 is 0.875 bits per heavy atom. The summed E-state index contributed by atoms with van der Waals surface area (Å²) in [5, 5.41) is 2.90. The van der Waals surface area contributed by atoms with Crippen LogP contribution < -0.4 is 5.32 Å². The number of ether oxygens (including phenoxy) is 6. The number of unbranched alkanes of at least 4 members (excludes halogenated alkanes) is 1. The molecular formula is C40H61NO7. The highest BCUT2D eigenvalue weighted by Gasteiger charge is 2.45. The maximum atomic E-state index is 11.9. The summed E-state index contributed by atoms with van der Waals surface area (Å²) >= 11 is 0. The number of allylic oxidation sites excluding steroid dienone is 2. The molecule has 1 saturated carbocycles. The Morgan fingerprint density at radius 3 is 2.19 bits per heavy atom. The monoisotopic (exact) mass is 667 g/mol. The predicted molar refractivity (Wildman–Crippen MR) is 187 cm³/mol. The molecular weight excluding hydrogens is 606 g/mol. The topological polar surface area (TPSA) is 84.5 Å². The number of rotatable bonds is 18. The van der Waals surface area contributed by atoms with Crippen LogP contribution in [0.5, 0.6) is 0 Å². The third kappa shape index (κ3) is 12.7. The molecule has 4 fully saturated rings. The van der Waals surface area contributed by atoms with E-state index in [0.29, 0.717) is 13.0 Å². The Balaban J connectivity index is 1.32. The Bertz CT molecular complexity index is 1080. The Morgan fingerprint density at radius 2 is 1.54 bits per heavy atom. The molecule has 48 heavy (non-hydrogen) atoms. The van der Waals surface area contributed by atoms with Gasteiger partial charge in [0.25, 0.3) is 0 Å². The van der Waals surface area contributed by atoms with E-state index in [0.717, 1.165) is 116 Å². The molecule has 1 aromatic carbocycles. The first-order valence-corrected chi connectivity index (χ1v) is 19.1. The molecule has 8 atom stereocenters. The van der Waals surface area contributed by atoms with Gasteiger partial charge >= 0.3 is 0 Å².